The molecule has 1 rings (SSSR count). The van der Waals surface area contributed by atoms with Gasteiger partial charge in [0.05, 0.1) is 12.4 Å². The first-order valence-corrected chi connectivity index (χ1v) is 9.08. The van der Waals surface area contributed by atoms with Crippen LogP contribution in [0.4, 0.5) is 5.69 Å². The quantitative estimate of drug-likeness (QED) is 0.535. The average Bonchev–Trinajstić information content (AvgIpc) is 2.38. The van der Waals surface area contributed by atoms with Crippen molar-refractivity contribution in [3.8, 4) is 0 Å². The van der Waals surface area contributed by atoms with Gasteiger partial charge in [-0.3, -0.25) is 0 Å². The summed E-state index contributed by atoms with van der Waals surface area (Å²) in [6.45, 7) is 2.31. The number of methoxy groups -OCH3 is 1. The highest BCUT2D eigenvalue weighted by Crippen LogP contribution is 2.20. The number of hydrogen-bond donors (Lipinski definition) is 2. The van der Waals surface area contributed by atoms with Crippen LogP contribution >= 0.6 is 11.8 Å². The molecule has 0 saturated heterocycles. The predicted octanol–water partition coefficient (Wildman–Crippen LogP) is 1.71. The predicted molar refractivity (Wildman–Crippen MR) is 84.5 cm³/mol. The Labute approximate surface area is 125 Å². The lowest BCUT2D eigenvalue weighted by Crippen LogP contribution is -2.39. The van der Waals surface area contributed by atoms with Crippen molar-refractivity contribution in [1.29, 1.82) is 0 Å². The van der Waals surface area contributed by atoms with Crippen molar-refractivity contribution in [3.63, 3.8) is 0 Å². The average molecular weight is 318 g/mol. The van der Waals surface area contributed by atoms with Crippen LogP contribution in [0, 0.1) is 0 Å². The van der Waals surface area contributed by atoms with Crippen LogP contribution in [0.2, 0.25) is 0 Å². The highest BCUT2D eigenvalue weighted by molar-refractivity contribution is 8.00. The van der Waals surface area contributed by atoms with Gasteiger partial charge in [-0.1, -0.05) is 13.0 Å². The molecule has 5 nitrogen and oxygen atoms in total. The molecule has 1 atom stereocenters. The fraction of sp³-hybridized carbons (Fsp3) is 0.538. The van der Waals surface area contributed by atoms with Crippen molar-refractivity contribution < 1.29 is 13.2 Å². The fourth-order valence-electron chi connectivity index (χ4n) is 1.62. The number of benzene rings is 1. The smallest absolute Gasteiger partial charge is 0.212 e. The second-order valence-corrected chi connectivity index (χ2v) is 7.46. The zero-order valence-corrected chi connectivity index (χ0v) is 13.5. The van der Waals surface area contributed by atoms with Gasteiger partial charge in [0.15, 0.2) is 0 Å². The number of nitrogens with one attached hydrogen (secondary N) is 1. The molecule has 0 aromatic heterocycles. The number of thioether (sulfide) groups is 1. The minimum atomic E-state index is -3.28. The first-order chi connectivity index (χ1) is 9.46. The Balaban J connectivity index is 2.43. The number of nitrogen functional groups attached to an aromatic ring is 1. The molecule has 0 bridgehead atoms. The summed E-state index contributed by atoms with van der Waals surface area (Å²) in [5.41, 5.74) is 6.36. The summed E-state index contributed by atoms with van der Waals surface area (Å²) >= 11 is 1.48. The summed E-state index contributed by atoms with van der Waals surface area (Å²) in [6, 6.07) is 7.25. The second kappa shape index (κ2) is 8.51. The van der Waals surface area contributed by atoms with Crippen LogP contribution in [0.25, 0.3) is 0 Å². The zero-order valence-electron chi connectivity index (χ0n) is 11.8. The van der Waals surface area contributed by atoms with Crippen LogP contribution in [0.5, 0.6) is 0 Å². The van der Waals surface area contributed by atoms with Crippen LogP contribution in [0.3, 0.4) is 0 Å². The van der Waals surface area contributed by atoms with E-state index in [2.05, 4.69) is 4.72 Å². The van der Waals surface area contributed by atoms with Gasteiger partial charge in [-0.2, -0.15) is 0 Å². The Morgan fingerprint density at radius 2 is 2.20 bits per heavy atom. The number of nitrogens with two attached hydrogens (primary N) is 1. The molecule has 0 fully saturated rings. The molecule has 1 aromatic rings. The van der Waals surface area contributed by atoms with Crippen molar-refractivity contribution in [2.24, 2.45) is 0 Å². The Kier molecular flexibility index (Phi) is 7.36. The molecule has 3 N–H and O–H groups in total. The molecular weight excluding hydrogens is 296 g/mol. The number of anilines is 1. The lowest BCUT2D eigenvalue weighted by molar-refractivity contribution is 0.173. The van der Waals surface area contributed by atoms with E-state index in [4.69, 9.17) is 10.5 Å². The summed E-state index contributed by atoms with van der Waals surface area (Å²) < 4.78 is 31.5. The Hall–Kier alpha value is -0.760. The van der Waals surface area contributed by atoms with Crippen LogP contribution < -0.4 is 10.5 Å². The molecule has 0 saturated carbocycles. The van der Waals surface area contributed by atoms with Crippen molar-refractivity contribution in [2.45, 2.75) is 24.3 Å². The minimum absolute atomic E-state index is 0.0761. The number of sulfonamides is 1. The van der Waals surface area contributed by atoms with Crippen LogP contribution in [-0.2, 0) is 14.8 Å². The Bertz CT molecular complexity index is 506. The monoisotopic (exact) mass is 318 g/mol. The summed E-state index contributed by atoms with van der Waals surface area (Å²) in [4.78, 5) is 0.976. The molecule has 1 unspecified atom stereocenters. The third-order valence-corrected chi connectivity index (χ3v) is 5.37. The van der Waals surface area contributed by atoms with E-state index in [-0.39, 0.29) is 11.8 Å². The van der Waals surface area contributed by atoms with Crippen molar-refractivity contribution in [2.75, 3.05) is 31.0 Å². The molecule has 114 valence electrons. The van der Waals surface area contributed by atoms with Gasteiger partial charge in [0.1, 0.15) is 0 Å². The highest BCUT2D eigenvalue weighted by Gasteiger charge is 2.16. The lowest BCUT2D eigenvalue weighted by Gasteiger charge is -2.15. The van der Waals surface area contributed by atoms with Crippen LogP contribution in [0.1, 0.15) is 13.3 Å². The highest BCUT2D eigenvalue weighted by atomic mass is 32.2. The summed E-state index contributed by atoms with van der Waals surface area (Å²) in [6.07, 6.45) is 0.704. The van der Waals surface area contributed by atoms with Gasteiger partial charge in [0, 0.05) is 29.5 Å². The summed E-state index contributed by atoms with van der Waals surface area (Å²) in [5.74, 6) is 0.564. The molecule has 0 radical (unpaired) electrons. The van der Waals surface area contributed by atoms with Crippen LogP contribution in [0.15, 0.2) is 29.2 Å². The van der Waals surface area contributed by atoms with Gasteiger partial charge < -0.3 is 10.5 Å². The number of rotatable bonds is 9. The maximum atomic E-state index is 11.9. The molecular formula is C13H22N2O3S2. The van der Waals surface area contributed by atoms with Gasteiger partial charge in [-0.25, -0.2) is 13.1 Å². The molecule has 0 aliphatic rings. The lowest BCUT2D eigenvalue weighted by atomic mass is 10.3. The van der Waals surface area contributed by atoms with E-state index in [1.165, 1.54) is 11.8 Å². The molecule has 0 heterocycles. The molecule has 0 amide bonds. The molecule has 7 heteroatoms. The van der Waals surface area contributed by atoms with Crippen molar-refractivity contribution in [1.82, 2.24) is 4.72 Å². The Morgan fingerprint density at radius 3 is 2.80 bits per heavy atom. The SMILES string of the molecule is CCC(COC)NS(=O)(=O)CCSc1cccc(N)c1. The largest absolute Gasteiger partial charge is 0.399 e. The molecule has 0 aliphatic carbocycles. The van der Waals surface area contributed by atoms with Gasteiger partial charge in [-0.05, 0) is 24.6 Å². The summed E-state index contributed by atoms with van der Waals surface area (Å²) in [5, 5.41) is 0. The molecule has 20 heavy (non-hydrogen) atoms. The van der Waals surface area contributed by atoms with Gasteiger partial charge in [0.2, 0.25) is 10.0 Å². The maximum Gasteiger partial charge on any atom is 0.212 e. The van der Waals surface area contributed by atoms with Crippen LogP contribution in [-0.4, -0.2) is 39.7 Å². The number of hydrogen-bond acceptors (Lipinski definition) is 5. The van der Waals surface area contributed by atoms with Crippen molar-refractivity contribution >= 4 is 27.5 Å². The normalized spacial score (nSPS) is 13.3. The second-order valence-electron chi connectivity index (χ2n) is 4.42. The standard InChI is InChI=1S/C13H22N2O3S2/c1-3-12(10-18-2)15-20(16,17)8-7-19-13-6-4-5-11(14)9-13/h4-6,9,12,15H,3,7-8,10,14H2,1-2H3. The third kappa shape index (κ3) is 6.60. The maximum absolute atomic E-state index is 11.9. The topological polar surface area (TPSA) is 81.4 Å². The minimum Gasteiger partial charge on any atom is -0.399 e. The molecule has 0 spiro atoms. The van der Waals surface area contributed by atoms with E-state index in [1.54, 1.807) is 13.2 Å². The first kappa shape index (κ1) is 17.3. The number of ether oxygens (including phenoxy) is 1. The van der Waals surface area contributed by atoms with E-state index in [1.807, 2.05) is 25.1 Å². The van der Waals surface area contributed by atoms with Gasteiger partial charge >= 0.3 is 0 Å². The fourth-order valence-corrected chi connectivity index (χ4v) is 4.32. The molecule has 1 aromatic carbocycles. The third-order valence-electron chi connectivity index (χ3n) is 2.69. The van der Waals surface area contributed by atoms with Gasteiger partial charge in [-0.15, -0.1) is 11.8 Å². The van der Waals surface area contributed by atoms with E-state index < -0.39 is 10.0 Å². The van der Waals surface area contributed by atoms with E-state index in [0.717, 1.165) is 4.90 Å². The van der Waals surface area contributed by atoms with E-state index in [0.29, 0.717) is 24.5 Å². The Morgan fingerprint density at radius 1 is 1.45 bits per heavy atom. The zero-order chi connectivity index (χ0) is 15.0. The molecule has 0 aliphatic heterocycles. The van der Waals surface area contributed by atoms with Crippen molar-refractivity contribution in [3.05, 3.63) is 24.3 Å². The van der Waals surface area contributed by atoms with Gasteiger partial charge in [0.25, 0.3) is 0 Å². The van der Waals surface area contributed by atoms with E-state index >= 15 is 0 Å². The first-order valence-electron chi connectivity index (χ1n) is 6.44. The van der Waals surface area contributed by atoms with E-state index in [9.17, 15) is 8.42 Å². The summed E-state index contributed by atoms with van der Waals surface area (Å²) in [7, 11) is -1.72.